The Labute approximate surface area is 85.3 Å². The van der Waals surface area contributed by atoms with Gasteiger partial charge >= 0.3 is 0 Å². The summed E-state index contributed by atoms with van der Waals surface area (Å²) in [6.07, 6.45) is 4.29. The molecule has 1 heteroatoms. The Morgan fingerprint density at radius 1 is 1.33 bits per heavy atom. The van der Waals surface area contributed by atoms with Crippen molar-refractivity contribution in [1.82, 2.24) is 0 Å². The minimum atomic E-state index is 0.484. The molecule has 0 spiro atoms. The Morgan fingerprint density at radius 2 is 1.83 bits per heavy atom. The summed E-state index contributed by atoms with van der Waals surface area (Å²) in [5.74, 6) is 0.845. The first kappa shape index (κ1) is 10.6. The van der Waals surface area contributed by atoms with Crippen LogP contribution in [0.25, 0.3) is 0 Å². The summed E-state index contributed by atoms with van der Waals surface area (Å²) in [5, 5.41) is 1.21. The van der Waals surface area contributed by atoms with Crippen LogP contribution in [0, 0.1) is 16.7 Å². The number of hydrogen-bond acceptors (Lipinski definition) is 0. The van der Waals surface area contributed by atoms with E-state index in [2.05, 4.69) is 43.6 Å². The highest BCUT2D eigenvalue weighted by atomic mass is 79.9. The molecule has 0 saturated heterocycles. The van der Waals surface area contributed by atoms with Gasteiger partial charge in [-0.15, -0.1) is 0 Å². The van der Waals surface area contributed by atoms with Crippen LogP contribution >= 0.6 is 15.9 Å². The quantitative estimate of drug-likeness (QED) is 0.640. The zero-order chi connectivity index (χ0) is 9.41. The Hall–Kier alpha value is 0.480. The van der Waals surface area contributed by atoms with Crippen molar-refractivity contribution in [1.29, 1.82) is 0 Å². The molecule has 0 heterocycles. The predicted octanol–water partition coefficient (Wildman–Crippen LogP) is 4.23. The average Bonchev–Trinajstić information content (AvgIpc) is 2.67. The van der Waals surface area contributed by atoms with E-state index in [1.54, 1.807) is 0 Å². The lowest BCUT2D eigenvalue weighted by atomic mass is 9.76. The van der Waals surface area contributed by atoms with E-state index in [1.165, 1.54) is 24.6 Å². The van der Waals surface area contributed by atoms with Crippen LogP contribution in [0.4, 0.5) is 0 Å². The lowest BCUT2D eigenvalue weighted by Crippen LogP contribution is -2.21. The SMILES string of the molecule is CC(CC1(CBr)CC1)C(C)(C)C. The Balaban J connectivity index is 2.41. The van der Waals surface area contributed by atoms with E-state index in [9.17, 15) is 0 Å². The van der Waals surface area contributed by atoms with Crippen molar-refractivity contribution >= 4 is 15.9 Å². The molecule has 1 atom stereocenters. The summed E-state index contributed by atoms with van der Waals surface area (Å²) in [4.78, 5) is 0. The van der Waals surface area contributed by atoms with Gasteiger partial charge in [0.25, 0.3) is 0 Å². The van der Waals surface area contributed by atoms with Gasteiger partial charge in [0.05, 0.1) is 0 Å². The third kappa shape index (κ3) is 2.48. The Morgan fingerprint density at radius 3 is 2.08 bits per heavy atom. The summed E-state index contributed by atoms with van der Waals surface area (Å²) in [7, 11) is 0. The molecule has 72 valence electrons. The second kappa shape index (κ2) is 3.32. The molecular formula is C11H21Br. The summed E-state index contributed by atoms with van der Waals surface area (Å²) < 4.78 is 0. The number of rotatable bonds is 3. The topological polar surface area (TPSA) is 0 Å². The van der Waals surface area contributed by atoms with Crippen LogP contribution in [-0.4, -0.2) is 5.33 Å². The van der Waals surface area contributed by atoms with Gasteiger partial charge in [-0.3, -0.25) is 0 Å². The van der Waals surface area contributed by atoms with Crippen LogP contribution in [0.2, 0.25) is 0 Å². The smallest absolute Gasteiger partial charge is 0.00880 e. The molecule has 0 aromatic heterocycles. The largest absolute Gasteiger partial charge is 0.0922 e. The summed E-state index contributed by atoms with van der Waals surface area (Å²) in [5.41, 5.74) is 1.17. The molecule has 0 nitrogen and oxygen atoms in total. The molecule has 1 aliphatic rings. The van der Waals surface area contributed by atoms with E-state index in [4.69, 9.17) is 0 Å². The van der Waals surface area contributed by atoms with Crippen LogP contribution < -0.4 is 0 Å². The zero-order valence-electron chi connectivity index (χ0n) is 8.78. The van der Waals surface area contributed by atoms with Crippen molar-refractivity contribution in [2.24, 2.45) is 16.7 Å². The maximum atomic E-state index is 3.63. The maximum Gasteiger partial charge on any atom is 0.00880 e. The lowest BCUT2D eigenvalue weighted by molar-refractivity contribution is 0.214. The van der Waals surface area contributed by atoms with Crippen molar-refractivity contribution in [3.8, 4) is 0 Å². The molecule has 1 aliphatic carbocycles. The minimum Gasteiger partial charge on any atom is -0.0922 e. The van der Waals surface area contributed by atoms with Crippen LogP contribution in [0.5, 0.6) is 0 Å². The van der Waals surface area contributed by atoms with Crippen molar-refractivity contribution in [2.75, 3.05) is 5.33 Å². The molecule has 0 bridgehead atoms. The second-order valence-electron chi connectivity index (χ2n) is 5.60. The molecule has 0 aliphatic heterocycles. The molecule has 1 saturated carbocycles. The van der Waals surface area contributed by atoms with E-state index in [0.717, 1.165) is 5.92 Å². The van der Waals surface area contributed by atoms with Gasteiger partial charge in [-0.1, -0.05) is 43.6 Å². The van der Waals surface area contributed by atoms with Crippen molar-refractivity contribution in [3.05, 3.63) is 0 Å². The summed E-state index contributed by atoms with van der Waals surface area (Å²) in [6.45, 7) is 9.44. The van der Waals surface area contributed by atoms with Crippen LogP contribution in [0.1, 0.15) is 47.0 Å². The van der Waals surface area contributed by atoms with Gasteiger partial charge in [-0.25, -0.2) is 0 Å². The van der Waals surface area contributed by atoms with E-state index in [1.807, 2.05) is 0 Å². The molecule has 0 N–H and O–H groups in total. The fourth-order valence-corrected chi connectivity index (χ4v) is 2.31. The van der Waals surface area contributed by atoms with Gasteiger partial charge in [0.2, 0.25) is 0 Å². The standard InChI is InChI=1S/C11H21Br/c1-9(10(2,3)4)7-11(8-12)5-6-11/h9H,5-8H2,1-4H3. The van der Waals surface area contributed by atoms with E-state index < -0.39 is 0 Å². The molecule has 12 heavy (non-hydrogen) atoms. The molecule has 0 aromatic rings. The maximum absolute atomic E-state index is 3.63. The molecule has 1 unspecified atom stereocenters. The lowest BCUT2D eigenvalue weighted by Gasteiger charge is -2.30. The van der Waals surface area contributed by atoms with Gasteiger partial charge in [-0.05, 0) is 36.0 Å². The second-order valence-corrected chi connectivity index (χ2v) is 6.17. The first-order valence-electron chi connectivity index (χ1n) is 4.96. The first-order valence-corrected chi connectivity index (χ1v) is 6.08. The molecule has 0 aromatic carbocycles. The van der Waals surface area contributed by atoms with Crippen LogP contribution in [-0.2, 0) is 0 Å². The van der Waals surface area contributed by atoms with E-state index in [-0.39, 0.29) is 0 Å². The highest BCUT2D eigenvalue weighted by Crippen LogP contribution is 2.53. The summed E-state index contributed by atoms with van der Waals surface area (Å²) in [6, 6.07) is 0. The van der Waals surface area contributed by atoms with Crippen molar-refractivity contribution in [2.45, 2.75) is 47.0 Å². The fraction of sp³-hybridized carbons (Fsp3) is 1.00. The van der Waals surface area contributed by atoms with E-state index >= 15 is 0 Å². The molecule has 0 radical (unpaired) electrons. The molecule has 0 amide bonds. The Kier molecular flexibility index (Phi) is 2.92. The molecule has 1 rings (SSSR count). The molecular weight excluding hydrogens is 212 g/mol. The number of hydrogen-bond donors (Lipinski definition) is 0. The van der Waals surface area contributed by atoms with Gasteiger partial charge in [-0.2, -0.15) is 0 Å². The zero-order valence-corrected chi connectivity index (χ0v) is 10.4. The Bertz CT molecular complexity index is 151. The number of halogens is 1. The van der Waals surface area contributed by atoms with Crippen molar-refractivity contribution in [3.63, 3.8) is 0 Å². The molecule has 1 fully saturated rings. The van der Waals surface area contributed by atoms with Gasteiger partial charge in [0.1, 0.15) is 0 Å². The van der Waals surface area contributed by atoms with Crippen molar-refractivity contribution < 1.29 is 0 Å². The normalized spacial score (nSPS) is 23.8. The van der Waals surface area contributed by atoms with Gasteiger partial charge < -0.3 is 0 Å². The van der Waals surface area contributed by atoms with Crippen LogP contribution in [0.3, 0.4) is 0 Å². The van der Waals surface area contributed by atoms with E-state index in [0.29, 0.717) is 10.8 Å². The monoisotopic (exact) mass is 232 g/mol. The van der Waals surface area contributed by atoms with Gasteiger partial charge in [0, 0.05) is 5.33 Å². The highest BCUT2D eigenvalue weighted by molar-refractivity contribution is 9.09. The first-order chi connectivity index (χ1) is 5.40. The van der Waals surface area contributed by atoms with Gasteiger partial charge in [0.15, 0.2) is 0 Å². The number of alkyl halides is 1. The van der Waals surface area contributed by atoms with Crippen LogP contribution in [0.15, 0.2) is 0 Å². The minimum absolute atomic E-state index is 0.484. The average molecular weight is 233 g/mol. The highest BCUT2D eigenvalue weighted by Gasteiger charge is 2.43. The fourth-order valence-electron chi connectivity index (χ4n) is 1.52. The predicted molar refractivity (Wildman–Crippen MR) is 58.7 cm³/mol. The third-order valence-corrected chi connectivity index (χ3v) is 4.65. The summed E-state index contributed by atoms with van der Waals surface area (Å²) >= 11 is 3.63. The third-order valence-electron chi connectivity index (χ3n) is 3.46.